The molecule has 148 valence electrons. The third kappa shape index (κ3) is 5.43. The highest BCUT2D eigenvalue weighted by Gasteiger charge is 2.13. The Labute approximate surface area is 177 Å². The lowest BCUT2D eigenvalue weighted by atomic mass is 9.89. The van der Waals surface area contributed by atoms with Crippen molar-refractivity contribution in [2.75, 3.05) is 0 Å². The summed E-state index contributed by atoms with van der Waals surface area (Å²) in [4.78, 5) is 0. The van der Waals surface area contributed by atoms with E-state index in [0.29, 0.717) is 22.9 Å². The van der Waals surface area contributed by atoms with Gasteiger partial charge >= 0.3 is 0 Å². The Bertz CT molecular complexity index is 851. The van der Waals surface area contributed by atoms with Gasteiger partial charge in [0.05, 0.1) is 0 Å². The van der Waals surface area contributed by atoms with Crippen molar-refractivity contribution < 1.29 is 10.2 Å². The van der Waals surface area contributed by atoms with E-state index in [-0.39, 0.29) is 11.5 Å². The summed E-state index contributed by atoms with van der Waals surface area (Å²) in [6.07, 6.45) is 2.49. The molecule has 0 atom stereocenters. The normalized spacial score (nSPS) is 11.9. The number of phenols is 2. The molecule has 0 aliphatic heterocycles. The van der Waals surface area contributed by atoms with E-state index in [2.05, 4.69) is 27.0 Å². The minimum Gasteiger partial charge on any atom is -0.508 e. The van der Waals surface area contributed by atoms with Crippen molar-refractivity contribution in [3.05, 3.63) is 81.9 Å². The summed E-state index contributed by atoms with van der Waals surface area (Å²) in [5.41, 5.74) is 5.96. The van der Waals surface area contributed by atoms with Gasteiger partial charge in [0.1, 0.15) is 11.5 Å². The molecule has 0 aromatic heterocycles. The summed E-state index contributed by atoms with van der Waals surface area (Å²) in [7, 11) is 0. The predicted octanol–water partition coefficient (Wildman–Crippen LogP) is 7.42. The van der Waals surface area contributed by atoms with Gasteiger partial charge in [-0.05, 0) is 70.5 Å². The number of benzene rings is 2. The molecule has 2 N–H and O–H groups in total. The van der Waals surface area contributed by atoms with E-state index in [1.54, 1.807) is 12.1 Å². The van der Waals surface area contributed by atoms with Crippen LogP contribution in [0.5, 0.6) is 11.5 Å². The predicted molar refractivity (Wildman–Crippen MR) is 121 cm³/mol. The van der Waals surface area contributed by atoms with Crippen LogP contribution in [0.15, 0.2) is 59.6 Å². The maximum atomic E-state index is 10.1. The van der Waals surface area contributed by atoms with Gasteiger partial charge in [0.25, 0.3) is 0 Å². The molecule has 2 aromatic carbocycles. The van der Waals surface area contributed by atoms with Crippen LogP contribution in [-0.2, 0) is 12.8 Å². The first-order chi connectivity index (χ1) is 13.3. The summed E-state index contributed by atoms with van der Waals surface area (Å²) in [5, 5.41) is 21.2. The summed E-state index contributed by atoms with van der Waals surface area (Å²) in [6.45, 7) is 11.7. The Balaban J connectivity index is 2.60. The lowest BCUT2D eigenvalue weighted by molar-refractivity contribution is 0.469. The monoisotopic (exact) mass is 416 g/mol. The third-order valence-electron chi connectivity index (χ3n) is 4.69. The van der Waals surface area contributed by atoms with Crippen LogP contribution in [0, 0.1) is 0 Å². The van der Waals surface area contributed by atoms with E-state index in [1.807, 2.05) is 24.3 Å². The average Bonchev–Trinajstić information content (AvgIpc) is 2.63. The lowest BCUT2D eigenvalue weighted by Crippen LogP contribution is -1.96. The van der Waals surface area contributed by atoms with Crippen LogP contribution < -0.4 is 0 Å². The summed E-state index contributed by atoms with van der Waals surface area (Å²) in [5.74, 6) is 0.429. The molecule has 0 spiro atoms. The van der Waals surface area contributed by atoms with Crippen molar-refractivity contribution in [3.8, 4) is 11.5 Å². The van der Waals surface area contributed by atoms with Gasteiger partial charge in [0.15, 0.2) is 0 Å². The van der Waals surface area contributed by atoms with Crippen molar-refractivity contribution in [1.29, 1.82) is 0 Å². The molecule has 0 saturated heterocycles. The Morgan fingerprint density at radius 2 is 1.11 bits per heavy atom. The van der Waals surface area contributed by atoms with Crippen molar-refractivity contribution in [1.82, 2.24) is 0 Å². The number of hydrogen-bond donors (Lipinski definition) is 2. The van der Waals surface area contributed by atoms with Crippen LogP contribution in [0.3, 0.4) is 0 Å². The molecule has 0 saturated carbocycles. The van der Waals surface area contributed by atoms with E-state index in [1.165, 1.54) is 11.1 Å². The number of phenolic OH excluding ortho intramolecular Hbond substituents is 2. The molecular formula is C24H26Cl2O2. The van der Waals surface area contributed by atoms with E-state index in [4.69, 9.17) is 23.2 Å². The average molecular weight is 417 g/mol. The van der Waals surface area contributed by atoms with E-state index < -0.39 is 0 Å². The maximum absolute atomic E-state index is 10.1. The van der Waals surface area contributed by atoms with Crippen LogP contribution in [0.1, 0.15) is 48.9 Å². The zero-order valence-electron chi connectivity index (χ0n) is 16.4. The van der Waals surface area contributed by atoms with E-state index in [9.17, 15) is 10.2 Å². The molecule has 28 heavy (non-hydrogen) atoms. The molecule has 0 amide bonds. The Kier molecular flexibility index (Phi) is 7.79. The van der Waals surface area contributed by atoms with Gasteiger partial charge in [-0.3, -0.25) is 0 Å². The molecule has 2 rings (SSSR count). The zero-order chi connectivity index (χ0) is 20.8. The molecule has 0 unspecified atom stereocenters. The van der Waals surface area contributed by atoms with Gasteiger partial charge in [-0.25, -0.2) is 0 Å². The van der Waals surface area contributed by atoms with Crippen LogP contribution in [0.2, 0.25) is 0 Å². The van der Waals surface area contributed by atoms with Crippen LogP contribution in [-0.4, -0.2) is 10.2 Å². The van der Waals surface area contributed by atoms with E-state index in [0.717, 1.165) is 35.1 Å². The minimum atomic E-state index is 0.214. The SMILES string of the molecule is C=C(Cl)Cc1cc(C(CC)=C(CC)c2ccc(O)c(CC(=C)Cl)c2)ccc1O. The fourth-order valence-electron chi connectivity index (χ4n) is 3.43. The molecule has 4 heteroatoms. The Morgan fingerprint density at radius 1 is 0.750 bits per heavy atom. The minimum absolute atomic E-state index is 0.214. The zero-order valence-corrected chi connectivity index (χ0v) is 17.9. The number of aromatic hydroxyl groups is 2. The number of rotatable bonds is 8. The smallest absolute Gasteiger partial charge is 0.119 e. The van der Waals surface area contributed by atoms with Crippen LogP contribution >= 0.6 is 23.2 Å². The summed E-state index contributed by atoms with van der Waals surface area (Å²) in [6, 6.07) is 11.2. The number of hydrogen-bond acceptors (Lipinski definition) is 2. The first kappa shape index (κ1) is 22.1. The van der Waals surface area contributed by atoms with Crippen molar-refractivity contribution in [2.24, 2.45) is 0 Å². The van der Waals surface area contributed by atoms with Crippen molar-refractivity contribution >= 4 is 34.3 Å². The summed E-state index contributed by atoms with van der Waals surface area (Å²) >= 11 is 11.9. The van der Waals surface area contributed by atoms with Gasteiger partial charge < -0.3 is 10.2 Å². The quantitative estimate of drug-likeness (QED) is 0.439. The molecular weight excluding hydrogens is 391 g/mol. The Morgan fingerprint density at radius 3 is 1.39 bits per heavy atom. The Hall–Kier alpha value is -2.16. The fraction of sp³-hybridized carbons (Fsp3) is 0.250. The molecule has 2 nitrogen and oxygen atoms in total. The van der Waals surface area contributed by atoms with Gasteiger partial charge in [-0.15, -0.1) is 0 Å². The van der Waals surface area contributed by atoms with Crippen LogP contribution in [0.25, 0.3) is 11.1 Å². The largest absolute Gasteiger partial charge is 0.508 e. The van der Waals surface area contributed by atoms with Gasteiger partial charge in [0.2, 0.25) is 0 Å². The van der Waals surface area contributed by atoms with E-state index >= 15 is 0 Å². The number of allylic oxidation sites excluding steroid dienone is 4. The van der Waals surface area contributed by atoms with Gasteiger partial charge in [0, 0.05) is 22.9 Å². The second-order valence-corrected chi connectivity index (χ2v) is 7.81. The summed E-state index contributed by atoms with van der Waals surface area (Å²) < 4.78 is 0. The molecule has 0 radical (unpaired) electrons. The second-order valence-electron chi connectivity index (χ2n) is 6.74. The standard InChI is InChI=1S/C24H26Cl2O2/c1-5-21(17-7-9-23(27)19(13-17)11-15(3)25)22(6-2)18-8-10-24(28)20(14-18)12-16(4)26/h7-10,13-14,27-28H,3-6,11-12H2,1-2H3. The molecule has 0 aliphatic carbocycles. The van der Waals surface area contributed by atoms with Crippen molar-refractivity contribution in [3.63, 3.8) is 0 Å². The fourth-order valence-corrected chi connectivity index (χ4v) is 3.71. The molecule has 0 bridgehead atoms. The van der Waals surface area contributed by atoms with Crippen LogP contribution in [0.4, 0.5) is 0 Å². The number of halogens is 2. The van der Waals surface area contributed by atoms with Gasteiger partial charge in [-0.2, -0.15) is 0 Å². The maximum Gasteiger partial charge on any atom is 0.119 e. The molecule has 0 heterocycles. The highest BCUT2D eigenvalue weighted by molar-refractivity contribution is 6.29. The molecule has 0 aliphatic rings. The molecule has 0 fully saturated rings. The topological polar surface area (TPSA) is 40.5 Å². The van der Waals surface area contributed by atoms with Gasteiger partial charge in [-0.1, -0.05) is 62.3 Å². The highest BCUT2D eigenvalue weighted by Crippen LogP contribution is 2.35. The first-order valence-corrected chi connectivity index (χ1v) is 10.0. The second kappa shape index (κ2) is 9.86. The molecule has 2 aromatic rings. The first-order valence-electron chi connectivity index (χ1n) is 9.29. The lowest BCUT2D eigenvalue weighted by Gasteiger charge is -2.17. The van der Waals surface area contributed by atoms with Crippen molar-refractivity contribution in [2.45, 2.75) is 39.5 Å². The highest BCUT2D eigenvalue weighted by atomic mass is 35.5. The third-order valence-corrected chi connectivity index (χ3v) is 4.96.